The van der Waals surface area contributed by atoms with Crippen LogP contribution in [-0.4, -0.2) is 0 Å². The molecule has 0 spiro atoms. The van der Waals surface area contributed by atoms with Gasteiger partial charge < -0.3 is 0 Å². The minimum Gasteiger partial charge on any atom is -0.206 e. The Hall–Kier alpha value is -1.63. The Kier molecular flexibility index (Phi) is 5.75. The van der Waals surface area contributed by atoms with E-state index in [0.717, 1.165) is 5.56 Å². The fourth-order valence-electron chi connectivity index (χ4n) is 1.86. The van der Waals surface area contributed by atoms with E-state index in [1.165, 1.54) is 11.1 Å². The summed E-state index contributed by atoms with van der Waals surface area (Å²) >= 11 is 0. The Balaban J connectivity index is 0.000000861. The number of rotatable bonds is 2. The van der Waals surface area contributed by atoms with Gasteiger partial charge in [-0.15, -0.1) is 0 Å². The molecule has 0 nitrogen and oxygen atoms in total. The van der Waals surface area contributed by atoms with Gasteiger partial charge in [-0.1, -0.05) is 63.6 Å². The third kappa shape index (κ3) is 3.92. The molecular formula is C18H23F. The second-order valence-corrected chi connectivity index (χ2v) is 4.76. The van der Waals surface area contributed by atoms with E-state index in [0.29, 0.717) is 11.5 Å². The fourth-order valence-corrected chi connectivity index (χ4v) is 1.86. The molecule has 0 amide bonds. The Morgan fingerprint density at radius 3 is 2.00 bits per heavy atom. The van der Waals surface area contributed by atoms with Crippen LogP contribution in [0.3, 0.4) is 0 Å². The molecular weight excluding hydrogens is 235 g/mol. The molecule has 0 atom stereocenters. The molecule has 2 aromatic rings. The van der Waals surface area contributed by atoms with E-state index >= 15 is 0 Å². The zero-order chi connectivity index (χ0) is 14.4. The zero-order valence-corrected chi connectivity index (χ0v) is 12.5. The summed E-state index contributed by atoms with van der Waals surface area (Å²) in [6.07, 6.45) is 0. The lowest BCUT2D eigenvalue weighted by Crippen LogP contribution is -1.91. The van der Waals surface area contributed by atoms with E-state index in [2.05, 4.69) is 13.8 Å². The lowest BCUT2D eigenvalue weighted by atomic mass is 9.96. The van der Waals surface area contributed by atoms with Crippen LogP contribution in [0, 0.1) is 12.7 Å². The zero-order valence-electron chi connectivity index (χ0n) is 12.5. The lowest BCUT2D eigenvalue weighted by molar-refractivity contribution is 0.630. The Morgan fingerprint density at radius 2 is 1.47 bits per heavy atom. The Labute approximate surface area is 116 Å². The molecule has 2 aromatic carbocycles. The standard InChI is InChI=1S/C16H17F.C2H6/c1-11(2)14-8-9-16(17)15(10-14)13-6-4-12(3)5-7-13;1-2/h4-11H,1-3H3;1-2H3. The molecule has 0 bridgehead atoms. The van der Waals surface area contributed by atoms with Crippen molar-refractivity contribution in [2.45, 2.75) is 40.5 Å². The lowest BCUT2D eigenvalue weighted by Gasteiger charge is -2.10. The summed E-state index contributed by atoms with van der Waals surface area (Å²) in [6.45, 7) is 10.3. The van der Waals surface area contributed by atoms with Crippen molar-refractivity contribution in [3.63, 3.8) is 0 Å². The van der Waals surface area contributed by atoms with Gasteiger partial charge in [0.15, 0.2) is 0 Å². The van der Waals surface area contributed by atoms with E-state index in [9.17, 15) is 4.39 Å². The highest BCUT2D eigenvalue weighted by Crippen LogP contribution is 2.27. The SMILES string of the molecule is CC.Cc1ccc(-c2cc(C(C)C)ccc2F)cc1. The second-order valence-electron chi connectivity index (χ2n) is 4.76. The molecule has 0 saturated heterocycles. The first-order valence-corrected chi connectivity index (χ1v) is 6.94. The van der Waals surface area contributed by atoms with Gasteiger partial charge in [-0.2, -0.15) is 0 Å². The van der Waals surface area contributed by atoms with Crippen LogP contribution in [0.5, 0.6) is 0 Å². The minimum absolute atomic E-state index is 0.154. The van der Waals surface area contributed by atoms with Crippen molar-refractivity contribution in [1.29, 1.82) is 0 Å². The fraction of sp³-hybridized carbons (Fsp3) is 0.333. The third-order valence-electron chi connectivity index (χ3n) is 3.02. The monoisotopic (exact) mass is 258 g/mol. The average Bonchev–Trinajstić information content (AvgIpc) is 2.42. The molecule has 0 aliphatic heterocycles. The quantitative estimate of drug-likeness (QED) is 0.624. The van der Waals surface area contributed by atoms with Crippen LogP contribution in [0.25, 0.3) is 11.1 Å². The first-order chi connectivity index (χ1) is 9.08. The van der Waals surface area contributed by atoms with Crippen molar-refractivity contribution in [1.82, 2.24) is 0 Å². The van der Waals surface area contributed by atoms with Crippen molar-refractivity contribution < 1.29 is 4.39 Å². The normalized spacial score (nSPS) is 10.1. The first kappa shape index (κ1) is 15.4. The van der Waals surface area contributed by atoms with Crippen molar-refractivity contribution in [3.05, 3.63) is 59.4 Å². The van der Waals surface area contributed by atoms with Gasteiger partial charge in [-0.25, -0.2) is 4.39 Å². The molecule has 0 aliphatic carbocycles. The largest absolute Gasteiger partial charge is 0.206 e. The van der Waals surface area contributed by atoms with Gasteiger partial charge in [0.1, 0.15) is 5.82 Å². The maximum atomic E-state index is 13.8. The molecule has 0 aromatic heterocycles. The van der Waals surface area contributed by atoms with Crippen molar-refractivity contribution in [3.8, 4) is 11.1 Å². The van der Waals surface area contributed by atoms with E-state index in [4.69, 9.17) is 0 Å². The number of halogens is 1. The molecule has 1 heteroatoms. The number of aryl methyl sites for hydroxylation is 1. The number of hydrogen-bond donors (Lipinski definition) is 0. The molecule has 2 rings (SSSR count). The van der Waals surface area contributed by atoms with Gasteiger partial charge in [0.25, 0.3) is 0 Å². The van der Waals surface area contributed by atoms with Gasteiger partial charge in [-0.3, -0.25) is 0 Å². The first-order valence-electron chi connectivity index (χ1n) is 6.94. The van der Waals surface area contributed by atoms with Crippen molar-refractivity contribution >= 4 is 0 Å². The van der Waals surface area contributed by atoms with Crippen LogP contribution in [0.1, 0.15) is 44.7 Å². The summed E-state index contributed by atoms with van der Waals surface area (Å²) in [4.78, 5) is 0. The summed E-state index contributed by atoms with van der Waals surface area (Å²) in [7, 11) is 0. The highest BCUT2D eigenvalue weighted by molar-refractivity contribution is 5.65. The topological polar surface area (TPSA) is 0 Å². The van der Waals surface area contributed by atoms with Gasteiger partial charge in [0.2, 0.25) is 0 Å². The summed E-state index contributed by atoms with van der Waals surface area (Å²) in [5.41, 5.74) is 3.99. The second kappa shape index (κ2) is 7.08. The highest BCUT2D eigenvalue weighted by atomic mass is 19.1. The molecule has 0 unspecified atom stereocenters. The van der Waals surface area contributed by atoms with Crippen molar-refractivity contribution in [2.24, 2.45) is 0 Å². The van der Waals surface area contributed by atoms with E-state index in [1.807, 2.05) is 57.2 Å². The third-order valence-corrected chi connectivity index (χ3v) is 3.02. The highest BCUT2D eigenvalue weighted by Gasteiger charge is 2.07. The summed E-state index contributed by atoms with van der Waals surface area (Å²) in [5, 5.41) is 0. The Bertz CT molecular complexity index is 510. The molecule has 0 fully saturated rings. The number of hydrogen-bond acceptors (Lipinski definition) is 0. The molecule has 0 radical (unpaired) electrons. The van der Waals surface area contributed by atoms with Crippen molar-refractivity contribution in [2.75, 3.05) is 0 Å². The predicted molar refractivity (Wildman–Crippen MR) is 82.0 cm³/mol. The Morgan fingerprint density at radius 1 is 0.895 bits per heavy atom. The van der Waals surface area contributed by atoms with Gasteiger partial charge in [-0.05, 0) is 36.1 Å². The molecule has 19 heavy (non-hydrogen) atoms. The minimum atomic E-state index is -0.154. The molecule has 0 heterocycles. The van der Waals surface area contributed by atoms with Gasteiger partial charge in [0.05, 0.1) is 0 Å². The van der Waals surface area contributed by atoms with Crippen LogP contribution >= 0.6 is 0 Å². The van der Waals surface area contributed by atoms with E-state index in [-0.39, 0.29) is 5.82 Å². The van der Waals surface area contributed by atoms with Crippen LogP contribution in [0.2, 0.25) is 0 Å². The molecule has 102 valence electrons. The van der Waals surface area contributed by atoms with E-state index in [1.54, 1.807) is 6.07 Å². The van der Waals surface area contributed by atoms with Crippen LogP contribution in [0.15, 0.2) is 42.5 Å². The van der Waals surface area contributed by atoms with Crippen LogP contribution < -0.4 is 0 Å². The maximum absolute atomic E-state index is 13.8. The average molecular weight is 258 g/mol. The van der Waals surface area contributed by atoms with Gasteiger partial charge >= 0.3 is 0 Å². The van der Waals surface area contributed by atoms with Crippen LogP contribution in [0.4, 0.5) is 4.39 Å². The van der Waals surface area contributed by atoms with Gasteiger partial charge in [0, 0.05) is 5.56 Å². The molecule has 0 saturated carbocycles. The molecule has 0 N–H and O–H groups in total. The predicted octanol–water partition coefficient (Wildman–Crippen LogP) is 5.95. The number of benzene rings is 2. The maximum Gasteiger partial charge on any atom is 0.131 e. The summed E-state index contributed by atoms with van der Waals surface area (Å²) < 4.78 is 13.8. The molecule has 0 aliphatic rings. The van der Waals surface area contributed by atoms with E-state index < -0.39 is 0 Å². The smallest absolute Gasteiger partial charge is 0.131 e. The summed E-state index contributed by atoms with van der Waals surface area (Å²) in [5.74, 6) is 0.262. The van der Waals surface area contributed by atoms with Crippen LogP contribution in [-0.2, 0) is 0 Å². The summed E-state index contributed by atoms with van der Waals surface area (Å²) in [6, 6.07) is 13.3.